The van der Waals surface area contributed by atoms with Gasteiger partial charge in [-0.3, -0.25) is 9.78 Å². The van der Waals surface area contributed by atoms with Gasteiger partial charge in [0.25, 0.3) is 5.91 Å². The lowest BCUT2D eigenvalue weighted by Crippen LogP contribution is -2.35. The van der Waals surface area contributed by atoms with E-state index in [1.165, 1.54) is 44.1 Å². The number of imidazole rings is 1. The van der Waals surface area contributed by atoms with E-state index >= 15 is 8.78 Å². The van der Waals surface area contributed by atoms with E-state index in [0.29, 0.717) is 41.4 Å². The molecule has 1 atom stereocenters. The number of rotatable bonds is 9. The van der Waals surface area contributed by atoms with Crippen LogP contribution in [0, 0.1) is 24.4 Å². The van der Waals surface area contributed by atoms with Crippen molar-refractivity contribution in [1.82, 2.24) is 30.2 Å². The molecule has 3 amide bonds. The Kier molecular flexibility index (Phi) is 8.73. The van der Waals surface area contributed by atoms with Crippen molar-refractivity contribution in [1.29, 1.82) is 0 Å². The van der Waals surface area contributed by atoms with Crippen LogP contribution in [0.4, 0.5) is 35.2 Å². The van der Waals surface area contributed by atoms with Gasteiger partial charge in [0, 0.05) is 37.1 Å². The summed E-state index contributed by atoms with van der Waals surface area (Å²) >= 11 is 0. The molecule has 5 aromatic rings. The van der Waals surface area contributed by atoms with Crippen molar-refractivity contribution >= 4 is 40.3 Å². The number of amides is 3. The second-order valence-corrected chi connectivity index (χ2v) is 10.5. The largest absolute Gasteiger partial charge is 0.486 e. The number of halogens is 3. The first kappa shape index (κ1) is 31.1. The Bertz CT molecular complexity index is 1960. The van der Waals surface area contributed by atoms with Gasteiger partial charge in [-0.1, -0.05) is 0 Å². The van der Waals surface area contributed by atoms with Crippen molar-refractivity contribution in [2.45, 2.75) is 25.8 Å². The van der Waals surface area contributed by atoms with E-state index in [-0.39, 0.29) is 29.9 Å². The molecule has 0 bridgehead atoms. The topological polar surface area (TPSA) is 159 Å². The predicted molar refractivity (Wildman–Crippen MR) is 165 cm³/mol. The van der Waals surface area contributed by atoms with Gasteiger partial charge in [-0.2, -0.15) is 4.39 Å². The molecule has 1 unspecified atom stereocenters. The van der Waals surface area contributed by atoms with Gasteiger partial charge >= 0.3 is 6.03 Å². The first-order chi connectivity index (χ1) is 22.7. The predicted octanol–water partition coefficient (Wildman–Crippen LogP) is 5.32. The maximum atomic E-state index is 15.3. The molecule has 13 nitrogen and oxygen atoms in total. The van der Waals surface area contributed by atoms with Gasteiger partial charge < -0.3 is 35.3 Å². The van der Waals surface area contributed by atoms with E-state index in [9.17, 15) is 14.0 Å². The number of carbonyl (C=O) groups excluding carboxylic acids is 2. The summed E-state index contributed by atoms with van der Waals surface area (Å²) in [5.41, 5.74) is 0.277. The zero-order valence-electron chi connectivity index (χ0n) is 25.1. The quantitative estimate of drug-likeness (QED) is 0.155. The zero-order chi connectivity index (χ0) is 33.1. The highest BCUT2D eigenvalue weighted by atomic mass is 19.2. The molecule has 47 heavy (non-hydrogen) atoms. The van der Waals surface area contributed by atoms with Crippen molar-refractivity contribution in [3.8, 4) is 17.2 Å². The summed E-state index contributed by atoms with van der Waals surface area (Å²) in [6, 6.07) is 7.90. The van der Waals surface area contributed by atoms with Gasteiger partial charge in [0.05, 0.1) is 12.4 Å². The van der Waals surface area contributed by atoms with Crippen LogP contribution in [-0.2, 0) is 0 Å². The average Bonchev–Trinajstić information content (AvgIpc) is 3.77. The first-order valence-corrected chi connectivity index (χ1v) is 14.5. The number of benzene rings is 2. The molecule has 0 saturated carbocycles. The fourth-order valence-corrected chi connectivity index (χ4v) is 5.18. The maximum Gasteiger partial charge on any atom is 0.323 e. The third-order valence-electron chi connectivity index (χ3n) is 7.54. The summed E-state index contributed by atoms with van der Waals surface area (Å²) in [6.45, 7) is 1.50. The van der Waals surface area contributed by atoms with Gasteiger partial charge in [0.2, 0.25) is 5.82 Å². The minimum absolute atomic E-state index is 0.158. The monoisotopic (exact) mass is 647 g/mol. The SMILES string of the molecule is CNC(=O)c1cc(Oc2ccc(NC(=O)Nc3c(F)c(C)c(F)c(F)c3OCC3CCCN3c3ncnc4[nH]cnc34)cc2)ccn1. The molecular weight excluding hydrogens is 619 g/mol. The van der Waals surface area contributed by atoms with Crippen molar-refractivity contribution in [2.24, 2.45) is 0 Å². The number of hydrogen-bond acceptors (Lipinski definition) is 9. The molecular formula is C31H28F3N9O4. The molecule has 1 saturated heterocycles. The Morgan fingerprint density at radius 1 is 1.00 bits per heavy atom. The number of nitrogens with zero attached hydrogens (tertiary/aromatic N) is 5. The molecule has 16 heteroatoms. The number of H-pyrrole nitrogens is 1. The van der Waals surface area contributed by atoms with Crippen LogP contribution in [-0.4, -0.2) is 63.1 Å². The van der Waals surface area contributed by atoms with Gasteiger partial charge in [-0.25, -0.2) is 28.5 Å². The lowest BCUT2D eigenvalue weighted by atomic mass is 10.1. The molecule has 0 spiro atoms. The van der Waals surface area contributed by atoms with Gasteiger partial charge in [-0.05, 0) is 50.1 Å². The number of aromatic nitrogens is 5. The summed E-state index contributed by atoms with van der Waals surface area (Å²) < 4.78 is 56.7. The highest BCUT2D eigenvalue weighted by Gasteiger charge is 2.31. The summed E-state index contributed by atoms with van der Waals surface area (Å²) in [5, 5.41) is 7.27. The molecule has 1 fully saturated rings. The number of urea groups is 1. The standard InChI is InChI=1S/C31H28F3N9O4/c1-16-22(32)24(34)27(46-13-18-4-3-11-43(18)29-26-28(38-14-37-26)39-15-40-29)25(23(16)33)42-31(45)41-17-5-7-19(8-6-17)47-20-9-10-36-21(12-20)30(44)35-2/h5-10,12,14-15,18H,3-4,11,13H2,1-2H3,(H,35,44)(H2,41,42,45)(H,37,38,39,40). The number of fused-ring (bicyclic) bond motifs is 1. The van der Waals surface area contributed by atoms with Crippen molar-refractivity contribution in [3.63, 3.8) is 0 Å². The first-order valence-electron chi connectivity index (χ1n) is 14.5. The van der Waals surface area contributed by atoms with Crippen LogP contribution in [0.25, 0.3) is 11.2 Å². The van der Waals surface area contributed by atoms with Crippen LogP contribution in [0.3, 0.4) is 0 Å². The third-order valence-corrected chi connectivity index (χ3v) is 7.54. The van der Waals surface area contributed by atoms with E-state index in [0.717, 1.165) is 13.3 Å². The minimum Gasteiger partial charge on any atom is -0.486 e. The smallest absolute Gasteiger partial charge is 0.323 e. The average molecular weight is 648 g/mol. The second kappa shape index (κ2) is 13.2. The van der Waals surface area contributed by atoms with E-state index < -0.39 is 40.5 Å². The number of aromatic amines is 1. The van der Waals surface area contributed by atoms with Crippen LogP contribution in [0.15, 0.2) is 55.2 Å². The maximum absolute atomic E-state index is 15.3. The van der Waals surface area contributed by atoms with Crippen molar-refractivity contribution in [2.75, 3.05) is 35.7 Å². The molecule has 4 heterocycles. The fraction of sp³-hybridized carbons (Fsp3) is 0.226. The Labute approximate surface area is 265 Å². The van der Waals surface area contributed by atoms with Crippen LogP contribution in [0.5, 0.6) is 17.2 Å². The second-order valence-electron chi connectivity index (χ2n) is 10.5. The van der Waals surface area contributed by atoms with E-state index in [1.807, 2.05) is 4.90 Å². The molecule has 242 valence electrons. The minimum atomic E-state index is -1.43. The number of pyridine rings is 1. The van der Waals surface area contributed by atoms with Crippen molar-refractivity contribution < 1.29 is 32.2 Å². The van der Waals surface area contributed by atoms with Crippen LogP contribution in [0.2, 0.25) is 0 Å². The summed E-state index contributed by atoms with van der Waals surface area (Å²) in [6.07, 6.45) is 5.71. The van der Waals surface area contributed by atoms with E-state index in [1.54, 1.807) is 18.2 Å². The Hall–Kier alpha value is -5.93. The normalized spacial score (nSPS) is 14.2. The van der Waals surface area contributed by atoms with Gasteiger partial charge in [-0.15, -0.1) is 0 Å². The lowest BCUT2D eigenvalue weighted by Gasteiger charge is -2.26. The fourth-order valence-electron chi connectivity index (χ4n) is 5.18. The summed E-state index contributed by atoms with van der Waals surface area (Å²) in [5.74, 6) is -3.87. The van der Waals surface area contributed by atoms with Crippen molar-refractivity contribution in [3.05, 3.63) is 84.0 Å². The van der Waals surface area contributed by atoms with Crippen LogP contribution in [0.1, 0.15) is 28.9 Å². The van der Waals surface area contributed by atoms with E-state index in [2.05, 4.69) is 40.9 Å². The number of carbonyl (C=O) groups is 2. The molecule has 1 aliphatic rings. The molecule has 1 aliphatic heterocycles. The molecule has 0 radical (unpaired) electrons. The number of nitrogens with one attached hydrogen (secondary N) is 4. The Morgan fingerprint density at radius 3 is 2.60 bits per heavy atom. The van der Waals surface area contributed by atoms with Gasteiger partial charge in [0.1, 0.15) is 41.3 Å². The van der Waals surface area contributed by atoms with Crippen LogP contribution >= 0.6 is 0 Å². The number of ether oxygens (including phenoxy) is 2. The van der Waals surface area contributed by atoms with E-state index in [4.69, 9.17) is 9.47 Å². The zero-order valence-corrected chi connectivity index (χ0v) is 25.1. The number of hydrogen-bond donors (Lipinski definition) is 4. The molecule has 6 rings (SSSR count). The van der Waals surface area contributed by atoms with Gasteiger partial charge in [0.15, 0.2) is 28.8 Å². The highest BCUT2D eigenvalue weighted by molar-refractivity contribution is 6.01. The Balaban J connectivity index is 1.15. The van der Waals surface area contributed by atoms with Crippen LogP contribution < -0.4 is 30.3 Å². The molecule has 4 N–H and O–H groups in total. The summed E-state index contributed by atoms with van der Waals surface area (Å²) in [7, 11) is 1.49. The molecule has 0 aliphatic carbocycles. The highest BCUT2D eigenvalue weighted by Crippen LogP contribution is 2.37. The molecule has 2 aromatic carbocycles. The lowest BCUT2D eigenvalue weighted by molar-refractivity contribution is 0.0957. The number of anilines is 3. The summed E-state index contributed by atoms with van der Waals surface area (Å²) in [4.78, 5) is 46.4. The Morgan fingerprint density at radius 2 is 1.81 bits per heavy atom. The third kappa shape index (κ3) is 6.43. The molecule has 3 aromatic heterocycles.